The maximum absolute atomic E-state index is 13.1. The van der Waals surface area contributed by atoms with Crippen LogP contribution in [0.2, 0.25) is 0 Å². The molecule has 1 aromatic carbocycles. The number of halogens is 1. The molecule has 92 valence electrons. The fraction of sp³-hybridized carbons (Fsp3) is 0.462. The number of nitrogens with one attached hydrogen (secondary N) is 2. The Bertz CT molecular complexity index is 414. The molecule has 0 bridgehead atoms. The Morgan fingerprint density at radius 1 is 1.53 bits per heavy atom. The van der Waals surface area contributed by atoms with Gasteiger partial charge in [-0.05, 0) is 44.0 Å². The molecule has 1 saturated heterocycles. The number of hydrogen-bond donors (Lipinski definition) is 2. The third-order valence-corrected chi connectivity index (χ3v) is 3.13. The molecule has 17 heavy (non-hydrogen) atoms. The summed E-state index contributed by atoms with van der Waals surface area (Å²) in [6.45, 7) is 3.54. The van der Waals surface area contributed by atoms with Gasteiger partial charge in [0.05, 0.1) is 5.92 Å². The number of aryl methyl sites for hydroxylation is 1. The molecule has 1 heterocycles. The van der Waals surface area contributed by atoms with Gasteiger partial charge in [-0.25, -0.2) is 4.39 Å². The van der Waals surface area contributed by atoms with E-state index in [9.17, 15) is 9.18 Å². The first-order chi connectivity index (χ1) is 8.16. The van der Waals surface area contributed by atoms with Gasteiger partial charge in [0.15, 0.2) is 0 Å². The van der Waals surface area contributed by atoms with Crippen molar-refractivity contribution in [3.63, 3.8) is 0 Å². The highest BCUT2D eigenvalue weighted by Gasteiger charge is 2.21. The molecule has 1 fully saturated rings. The maximum Gasteiger partial charge on any atom is 0.228 e. The lowest BCUT2D eigenvalue weighted by Crippen LogP contribution is -2.37. The van der Waals surface area contributed by atoms with E-state index in [4.69, 9.17) is 0 Å². The summed E-state index contributed by atoms with van der Waals surface area (Å²) in [6, 6.07) is 4.43. The van der Waals surface area contributed by atoms with E-state index in [-0.39, 0.29) is 17.6 Å². The molecule has 2 rings (SSSR count). The van der Waals surface area contributed by atoms with E-state index in [0.717, 1.165) is 24.9 Å². The van der Waals surface area contributed by atoms with Gasteiger partial charge in [-0.15, -0.1) is 0 Å². The number of anilines is 1. The largest absolute Gasteiger partial charge is 0.325 e. The number of amides is 1. The highest BCUT2D eigenvalue weighted by atomic mass is 19.1. The lowest BCUT2D eigenvalue weighted by atomic mass is 9.98. The number of benzene rings is 1. The van der Waals surface area contributed by atoms with Crippen LogP contribution in [-0.2, 0) is 4.79 Å². The van der Waals surface area contributed by atoms with E-state index < -0.39 is 0 Å². The van der Waals surface area contributed by atoms with Gasteiger partial charge in [0.1, 0.15) is 5.82 Å². The van der Waals surface area contributed by atoms with Crippen molar-refractivity contribution in [1.82, 2.24) is 5.32 Å². The van der Waals surface area contributed by atoms with Crippen molar-refractivity contribution >= 4 is 11.6 Å². The van der Waals surface area contributed by atoms with E-state index >= 15 is 0 Å². The minimum Gasteiger partial charge on any atom is -0.325 e. The zero-order chi connectivity index (χ0) is 12.3. The maximum atomic E-state index is 13.1. The summed E-state index contributed by atoms with van der Waals surface area (Å²) in [7, 11) is 0. The Kier molecular flexibility index (Phi) is 3.74. The Hall–Kier alpha value is -1.42. The van der Waals surface area contributed by atoms with Crippen LogP contribution in [0.3, 0.4) is 0 Å². The molecule has 0 radical (unpaired) electrons. The summed E-state index contributed by atoms with van der Waals surface area (Å²) in [5.74, 6) is -0.356. The third-order valence-electron chi connectivity index (χ3n) is 3.13. The predicted octanol–water partition coefficient (Wildman–Crippen LogP) is 2.07. The monoisotopic (exact) mass is 236 g/mol. The fourth-order valence-corrected chi connectivity index (χ4v) is 2.04. The summed E-state index contributed by atoms with van der Waals surface area (Å²) < 4.78 is 13.1. The molecule has 1 unspecified atom stereocenters. The van der Waals surface area contributed by atoms with Crippen LogP contribution in [0, 0.1) is 18.7 Å². The number of carbonyl (C=O) groups is 1. The molecule has 0 aromatic heterocycles. The third kappa shape index (κ3) is 3.03. The summed E-state index contributed by atoms with van der Waals surface area (Å²) in [5.41, 5.74) is 1.45. The molecule has 1 aromatic rings. The molecule has 1 aliphatic heterocycles. The number of carbonyl (C=O) groups excluding carboxylic acids is 1. The Morgan fingerprint density at radius 2 is 2.35 bits per heavy atom. The van der Waals surface area contributed by atoms with Crippen molar-refractivity contribution in [1.29, 1.82) is 0 Å². The average molecular weight is 236 g/mol. The van der Waals surface area contributed by atoms with Crippen LogP contribution in [0.5, 0.6) is 0 Å². The van der Waals surface area contributed by atoms with Gasteiger partial charge in [0.25, 0.3) is 0 Å². The minimum absolute atomic E-state index is 0.00795. The second kappa shape index (κ2) is 5.27. The Morgan fingerprint density at radius 3 is 3.06 bits per heavy atom. The molecule has 1 amide bonds. The quantitative estimate of drug-likeness (QED) is 0.825. The first-order valence-corrected chi connectivity index (χ1v) is 5.94. The fourth-order valence-electron chi connectivity index (χ4n) is 2.04. The van der Waals surface area contributed by atoms with Crippen LogP contribution in [0.25, 0.3) is 0 Å². The highest BCUT2D eigenvalue weighted by molar-refractivity contribution is 5.93. The number of rotatable bonds is 2. The molecule has 0 saturated carbocycles. The van der Waals surface area contributed by atoms with E-state index in [1.165, 1.54) is 12.1 Å². The summed E-state index contributed by atoms with van der Waals surface area (Å²) in [4.78, 5) is 12.0. The predicted molar refractivity (Wildman–Crippen MR) is 65.4 cm³/mol. The van der Waals surface area contributed by atoms with Gasteiger partial charge in [0.2, 0.25) is 5.91 Å². The molecule has 2 N–H and O–H groups in total. The number of piperidine rings is 1. The van der Waals surface area contributed by atoms with Crippen molar-refractivity contribution in [2.75, 3.05) is 18.4 Å². The standard InChI is InChI=1S/C13H17FN2O/c1-9-4-5-11(14)7-12(9)16-13(17)10-3-2-6-15-8-10/h4-5,7,10,15H,2-3,6,8H2,1H3,(H,16,17). The topological polar surface area (TPSA) is 41.1 Å². The van der Waals surface area contributed by atoms with Gasteiger partial charge < -0.3 is 10.6 Å². The zero-order valence-electron chi connectivity index (χ0n) is 9.92. The van der Waals surface area contributed by atoms with Crippen LogP contribution in [-0.4, -0.2) is 19.0 Å². The normalized spacial score (nSPS) is 20.0. The van der Waals surface area contributed by atoms with Crippen molar-refractivity contribution in [3.05, 3.63) is 29.6 Å². The second-order valence-electron chi connectivity index (χ2n) is 4.49. The summed E-state index contributed by atoms with van der Waals surface area (Å²) >= 11 is 0. The molecular formula is C13H17FN2O. The van der Waals surface area contributed by atoms with Crippen LogP contribution in [0.4, 0.5) is 10.1 Å². The van der Waals surface area contributed by atoms with Crippen LogP contribution in [0.1, 0.15) is 18.4 Å². The van der Waals surface area contributed by atoms with Crippen LogP contribution in [0.15, 0.2) is 18.2 Å². The molecule has 4 heteroatoms. The highest BCUT2D eigenvalue weighted by Crippen LogP contribution is 2.18. The summed E-state index contributed by atoms with van der Waals surface area (Å²) in [6.07, 6.45) is 1.91. The average Bonchev–Trinajstić information content (AvgIpc) is 2.35. The van der Waals surface area contributed by atoms with Gasteiger partial charge in [-0.1, -0.05) is 6.07 Å². The van der Waals surface area contributed by atoms with Crippen molar-refractivity contribution in [2.45, 2.75) is 19.8 Å². The minimum atomic E-state index is -0.326. The van der Waals surface area contributed by atoms with Gasteiger partial charge in [-0.2, -0.15) is 0 Å². The van der Waals surface area contributed by atoms with Crippen LogP contribution >= 0.6 is 0 Å². The number of hydrogen-bond acceptors (Lipinski definition) is 2. The van der Waals surface area contributed by atoms with Crippen molar-refractivity contribution in [2.24, 2.45) is 5.92 Å². The first kappa shape index (κ1) is 12.0. The van der Waals surface area contributed by atoms with Gasteiger partial charge in [0, 0.05) is 12.2 Å². The lowest BCUT2D eigenvalue weighted by Gasteiger charge is -2.22. The smallest absolute Gasteiger partial charge is 0.228 e. The second-order valence-corrected chi connectivity index (χ2v) is 4.49. The van der Waals surface area contributed by atoms with Crippen LogP contribution < -0.4 is 10.6 Å². The lowest BCUT2D eigenvalue weighted by molar-refractivity contribution is -0.120. The summed E-state index contributed by atoms with van der Waals surface area (Å²) in [5, 5.41) is 5.99. The molecule has 1 atom stereocenters. The zero-order valence-corrected chi connectivity index (χ0v) is 9.92. The van der Waals surface area contributed by atoms with E-state index in [1.54, 1.807) is 6.07 Å². The Balaban J connectivity index is 2.04. The SMILES string of the molecule is Cc1ccc(F)cc1NC(=O)C1CCCNC1. The Labute approximate surface area is 100 Å². The van der Waals surface area contributed by atoms with Gasteiger partial charge >= 0.3 is 0 Å². The molecule has 1 aliphatic rings. The van der Waals surface area contributed by atoms with Gasteiger partial charge in [-0.3, -0.25) is 4.79 Å². The molecule has 0 spiro atoms. The van der Waals surface area contributed by atoms with E-state index in [2.05, 4.69) is 10.6 Å². The van der Waals surface area contributed by atoms with E-state index in [1.807, 2.05) is 6.92 Å². The molecule has 0 aliphatic carbocycles. The molecular weight excluding hydrogens is 219 g/mol. The van der Waals surface area contributed by atoms with Crippen molar-refractivity contribution in [3.8, 4) is 0 Å². The first-order valence-electron chi connectivity index (χ1n) is 5.94. The van der Waals surface area contributed by atoms with E-state index in [0.29, 0.717) is 12.2 Å². The molecule has 3 nitrogen and oxygen atoms in total. The van der Waals surface area contributed by atoms with Crippen molar-refractivity contribution < 1.29 is 9.18 Å².